The lowest BCUT2D eigenvalue weighted by molar-refractivity contribution is -0.154. The molecule has 0 bridgehead atoms. The van der Waals surface area contributed by atoms with Gasteiger partial charge in [0.1, 0.15) is 5.60 Å². The first kappa shape index (κ1) is 22.1. The predicted molar refractivity (Wildman–Crippen MR) is 97.8 cm³/mol. The molecule has 1 rings (SSSR count). The van der Waals surface area contributed by atoms with E-state index in [-0.39, 0.29) is 24.6 Å². The number of hydrogen-bond acceptors (Lipinski definition) is 5. The highest BCUT2D eigenvalue weighted by Gasteiger charge is 2.34. The fourth-order valence-electron chi connectivity index (χ4n) is 2.70. The highest BCUT2D eigenvalue weighted by molar-refractivity contribution is 5.79. The van der Waals surface area contributed by atoms with Crippen LogP contribution in [0.5, 0.6) is 0 Å². The molecule has 0 aliphatic carbocycles. The Bertz CT molecular complexity index is 519. The molecule has 8 nitrogen and oxygen atoms in total. The van der Waals surface area contributed by atoms with Gasteiger partial charge in [-0.15, -0.1) is 0 Å². The molecule has 0 aromatic heterocycles. The molecule has 1 saturated heterocycles. The first-order valence-electron chi connectivity index (χ1n) is 9.02. The molecular formula is C18H33N3O5. The normalized spacial score (nSPS) is 15.5. The molecule has 0 N–H and O–H groups in total. The molecule has 1 heterocycles. The summed E-state index contributed by atoms with van der Waals surface area (Å²) < 4.78 is 10.4. The molecule has 26 heavy (non-hydrogen) atoms. The molecule has 0 aromatic carbocycles. The maximum Gasteiger partial charge on any atom is 0.410 e. The minimum absolute atomic E-state index is 0.161. The van der Waals surface area contributed by atoms with Gasteiger partial charge in [0.05, 0.1) is 12.0 Å². The van der Waals surface area contributed by atoms with Crippen molar-refractivity contribution in [3.8, 4) is 0 Å². The van der Waals surface area contributed by atoms with E-state index in [1.165, 1.54) is 4.90 Å². The van der Waals surface area contributed by atoms with Crippen molar-refractivity contribution in [2.24, 2.45) is 5.41 Å². The molecule has 1 aliphatic rings. The monoisotopic (exact) mass is 371 g/mol. The minimum Gasteiger partial charge on any atom is -0.466 e. The molecule has 0 unspecified atom stereocenters. The number of hydrogen-bond donors (Lipinski definition) is 0. The van der Waals surface area contributed by atoms with Crippen molar-refractivity contribution in [1.82, 2.24) is 14.7 Å². The summed E-state index contributed by atoms with van der Waals surface area (Å²) in [5.74, 6) is -0.325. The van der Waals surface area contributed by atoms with Crippen LogP contribution in [0.25, 0.3) is 0 Å². The van der Waals surface area contributed by atoms with Gasteiger partial charge in [0.25, 0.3) is 0 Å². The molecule has 3 amide bonds. The topological polar surface area (TPSA) is 79.4 Å². The lowest BCUT2D eigenvalue weighted by Crippen LogP contribution is -2.55. The van der Waals surface area contributed by atoms with E-state index in [9.17, 15) is 14.4 Å². The van der Waals surface area contributed by atoms with E-state index in [1.807, 2.05) is 20.8 Å². The number of carbonyl (C=O) groups is 3. The van der Waals surface area contributed by atoms with Crippen LogP contribution in [0, 0.1) is 5.41 Å². The van der Waals surface area contributed by atoms with E-state index >= 15 is 0 Å². The molecule has 8 heteroatoms. The number of piperazine rings is 1. The summed E-state index contributed by atoms with van der Waals surface area (Å²) in [5.41, 5.74) is -1.32. The maximum absolute atomic E-state index is 12.6. The SMILES string of the molecule is CCOC(=O)C(C)(C)CN(C)C(=O)N1CCN(C(=O)OC(C)(C)C)CC1. The number of nitrogens with zero attached hydrogens (tertiary/aromatic N) is 3. The Morgan fingerprint density at radius 2 is 1.46 bits per heavy atom. The summed E-state index contributed by atoms with van der Waals surface area (Å²) in [6.07, 6.45) is -0.360. The van der Waals surface area contributed by atoms with Crippen LogP contribution < -0.4 is 0 Å². The van der Waals surface area contributed by atoms with Gasteiger partial charge in [-0.2, -0.15) is 0 Å². The van der Waals surface area contributed by atoms with Crippen LogP contribution in [0.1, 0.15) is 41.5 Å². The van der Waals surface area contributed by atoms with Crippen LogP contribution in [0.3, 0.4) is 0 Å². The van der Waals surface area contributed by atoms with E-state index in [1.54, 1.807) is 37.6 Å². The first-order chi connectivity index (χ1) is 11.9. The zero-order valence-electron chi connectivity index (χ0n) is 17.1. The molecule has 0 spiro atoms. The highest BCUT2D eigenvalue weighted by Crippen LogP contribution is 2.20. The second-order valence-corrected chi connectivity index (χ2v) is 8.20. The van der Waals surface area contributed by atoms with Gasteiger partial charge in [0.2, 0.25) is 0 Å². The van der Waals surface area contributed by atoms with Crippen LogP contribution in [0.2, 0.25) is 0 Å². The third-order valence-corrected chi connectivity index (χ3v) is 3.99. The molecule has 0 radical (unpaired) electrons. The third-order valence-electron chi connectivity index (χ3n) is 3.99. The second-order valence-electron chi connectivity index (χ2n) is 8.20. The minimum atomic E-state index is -0.779. The number of carbonyl (C=O) groups excluding carboxylic acids is 3. The number of urea groups is 1. The average molecular weight is 371 g/mol. The summed E-state index contributed by atoms with van der Waals surface area (Å²) in [5, 5.41) is 0. The van der Waals surface area contributed by atoms with Gasteiger partial charge in [0, 0.05) is 39.8 Å². The zero-order chi connectivity index (χ0) is 20.1. The van der Waals surface area contributed by atoms with E-state index in [4.69, 9.17) is 9.47 Å². The number of esters is 1. The van der Waals surface area contributed by atoms with Gasteiger partial charge in [-0.3, -0.25) is 4.79 Å². The van der Waals surface area contributed by atoms with Crippen molar-refractivity contribution in [2.75, 3.05) is 46.4 Å². The van der Waals surface area contributed by atoms with Crippen LogP contribution >= 0.6 is 0 Å². The lowest BCUT2D eigenvalue weighted by Gasteiger charge is -2.38. The maximum atomic E-state index is 12.6. The van der Waals surface area contributed by atoms with Gasteiger partial charge < -0.3 is 24.2 Å². The number of rotatable bonds is 4. The summed E-state index contributed by atoms with van der Waals surface area (Å²) in [6, 6.07) is -0.161. The van der Waals surface area contributed by atoms with Crippen LogP contribution in [0.4, 0.5) is 9.59 Å². The lowest BCUT2D eigenvalue weighted by atomic mass is 9.93. The predicted octanol–water partition coefficient (Wildman–Crippen LogP) is 2.18. The largest absolute Gasteiger partial charge is 0.466 e. The van der Waals surface area contributed by atoms with Gasteiger partial charge in [-0.25, -0.2) is 9.59 Å². The average Bonchev–Trinajstić information content (AvgIpc) is 2.52. The van der Waals surface area contributed by atoms with Crippen LogP contribution in [-0.2, 0) is 14.3 Å². The fourth-order valence-corrected chi connectivity index (χ4v) is 2.70. The zero-order valence-corrected chi connectivity index (χ0v) is 17.1. The van der Waals surface area contributed by atoms with E-state index in [0.717, 1.165) is 0 Å². The Hall–Kier alpha value is -1.99. The standard InChI is InChI=1S/C18H33N3O5/c1-8-25-14(22)18(5,6)13-19(7)15(23)20-9-11-21(12-10-20)16(24)26-17(2,3)4/h8-13H2,1-7H3. The Morgan fingerprint density at radius 1 is 0.962 bits per heavy atom. The van der Waals surface area contributed by atoms with Gasteiger partial charge >= 0.3 is 18.1 Å². The smallest absolute Gasteiger partial charge is 0.410 e. The summed E-state index contributed by atoms with van der Waals surface area (Å²) >= 11 is 0. The van der Waals surface area contributed by atoms with Crippen molar-refractivity contribution >= 4 is 18.1 Å². The van der Waals surface area contributed by atoms with Crippen molar-refractivity contribution in [2.45, 2.75) is 47.1 Å². The Balaban J connectivity index is 2.55. The van der Waals surface area contributed by atoms with Crippen molar-refractivity contribution in [1.29, 1.82) is 0 Å². The molecule has 0 aromatic rings. The van der Waals surface area contributed by atoms with Crippen molar-refractivity contribution in [3.63, 3.8) is 0 Å². The summed E-state index contributed by atoms with van der Waals surface area (Å²) in [7, 11) is 1.67. The van der Waals surface area contributed by atoms with Gasteiger partial charge in [0.15, 0.2) is 0 Å². The third kappa shape index (κ3) is 6.38. The molecule has 0 atom stereocenters. The van der Waals surface area contributed by atoms with Crippen LogP contribution in [-0.4, -0.2) is 84.8 Å². The number of amides is 3. The van der Waals surface area contributed by atoms with Crippen LogP contribution in [0.15, 0.2) is 0 Å². The number of ether oxygens (including phenoxy) is 2. The van der Waals surface area contributed by atoms with Crippen molar-refractivity contribution < 1.29 is 23.9 Å². The van der Waals surface area contributed by atoms with Gasteiger partial charge in [-0.05, 0) is 41.5 Å². The van der Waals surface area contributed by atoms with Gasteiger partial charge in [-0.1, -0.05) is 0 Å². The van der Waals surface area contributed by atoms with E-state index < -0.39 is 11.0 Å². The first-order valence-corrected chi connectivity index (χ1v) is 9.02. The quantitative estimate of drug-likeness (QED) is 0.708. The molecule has 0 saturated carbocycles. The van der Waals surface area contributed by atoms with E-state index in [0.29, 0.717) is 32.8 Å². The Labute approximate surface area is 156 Å². The Kier molecular flexibility index (Phi) is 7.29. The molecular weight excluding hydrogens is 338 g/mol. The molecule has 150 valence electrons. The second kappa shape index (κ2) is 8.60. The molecule has 1 fully saturated rings. The van der Waals surface area contributed by atoms with Crippen molar-refractivity contribution in [3.05, 3.63) is 0 Å². The Morgan fingerprint density at radius 3 is 1.92 bits per heavy atom. The summed E-state index contributed by atoms with van der Waals surface area (Å²) in [6.45, 7) is 13.0. The fraction of sp³-hybridized carbons (Fsp3) is 0.833. The molecule has 1 aliphatic heterocycles. The highest BCUT2D eigenvalue weighted by atomic mass is 16.6. The van der Waals surface area contributed by atoms with E-state index in [2.05, 4.69) is 0 Å². The summed E-state index contributed by atoms with van der Waals surface area (Å²) in [4.78, 5) is 41.5.